The van der Waals surface area contributed by atoms with Gasteiger partial charge < -0.3 is 19.4 Å². The number of fused-ring (bicyclic) bond motifs is 1. The van der Waals surface area contributed by atoms with Crippen molar-refractivity contribution in [3.05, 3.63) is 83.8 Å². The summed E-state index contributed by atoms with van der Waals surface area (Å²) >= 11 is 0. The van der Waals surface area contributed by atoms with Crippen molar-refractivity contribution in [2.75, 3.05) is 17.3 Å². The van der Waals surface area contributed by atoms with Crippen molar-refractivity contribution in [1.29, 1.82) is 5.41 Å². The molecule has 0 radical (unpaired) electrons. The van der Waals surface area contributed by atoms with Gasteiger partial charge in [0.2, 0.25) is 0 Å². The molecule has 3 N–H and O–H groups in total. The van der Waals surface area contributed by atoms with Crippen LogP contribution in [-0.2, 0) is 27.9 Å². The van der Waals surface area contributed by atoms with E-state index < -0.39 is 24.0 Å². The first-order chi connectivity index (χ1) is 21.7. The fourth-order valence-electron chi connectivity index (χ4n) is 5.40. The average molecular weight is 612 g/mol. The fraction of sp³-hybridized carbons (Fsp3) is 0.333. The van der Waals surface area contributed by atoms with Gasteiger partial charge in [0.15, 0.2) is 0 Å². The van der Waals surface area contributed by atoms with Crippen LogP contribution in [0.4, 0.5) is 16.3 Å². The molecule has 1 fully saturated rings. The Hall–Kier alpha value is -5.26. The highest BCUT2D eigenvalue weighted by Gasteiger charge is 2.30. The summed E-state index contributed by atoms with van der Waals surface area (Å²) in [6.07, 6.45) is 5.91. The Morgan fingerprint density at radius 2 is 1.78 bits per heavy atom. The number of hydrogen-bond donors (Lipinski definition) is 3. The van der Waals surface area contributed by atoms with E-state index in [-0.39, 0.29) is 11.9 Å². The van der Waals surface area contributed by atoms with Gasteiger partial charge in [-0.15, -0.1) is 0 Å². The summed E-state index contributed by atoms with van der Waals surface area (Å²) < 4.78 is 12.3. The molecule has 1 aliphatic carbocycles. The zero-order valence-corrected chi connectivity index (χ0v) is 25.6. The number of alkyl carbamates (subject to hydrolysis) is 1. The number of imidazole rings is 1. The van der Waals surface area contributed by atoms with Gasteiger partial charge in [-0.05, 0) is 87.2 Å². The van der Waals surface area contributed by atoms with Crippen LogP contribution in [0.1, 0.15) is 60.8 Å². The molecule has 5 rings (SSSR count). The Kier molecular flexibility index (Phi) is 9.71. The molecule has 45 heavy (non-hydrogen) atoms. The molecule has 1 saturated carbocycles. The van der Waals surface area contributed by atoms with E-state index in [1.807, 2.05) is 29.8 Å². The Bertz CT molecular complexity index is 1680. The summed E-state index contributed by atoms with van der Waals surface area (Å²) in [5.74, 6) is 0.0947. The first kappa shape index (κ1) is 31.2. The number of anilines is 2. The molecule has 12 nitrogen and oxygen atoms in total. The quantitative estimate of drug-likeness (QED) is 0.133. The Morgan fingerprint density at radius 1 is 1.04 bits per heavy atom. The molecule has 2 aromatic heterocycles. The van der Waals surface area contributed by atoms with Crippen molar-refractivity contribution < 1.29 is 23.9 Å². The molecule has 0 saturated heterocycles. The van der Waals surface area contributed by atoms with Gasteiger partial charge in [0.1, 0.15) is 29.6 Å². The predicted molar refractivity (Wildman–Crippen MR) is 170 cm³/mol. The van der Waals surface area contributed by atoms with Gasteiger partial charge in [-0.2, -0.15) is 0 Å². The molecule has 0 spiro atoms. The molecular weight excluding hydrogens is 574 g/mol. The van der Waals surface area contributed by atoms with Crippen LogP contribution in [0.2, 0.25) is 0 Å². The number of carbonyl (C=O) groups excluding carboxylic acids is 3. The topological polar surface area (TPSA) is 152 Å². The maximum absolute atomic E-state index is 13.7. The van der Waals surface area contributed by atoms with Crippen molar-refractivity contribution in [3.63, 3.8) is 0 Å². The number of nitrogens with one attached hydrogen (secondary N) is 3. The first-order valence-corrected chi connectivity index (χ1v) is 14.9. The van der Waals surface area contributed by atoms with E-state index in [9.17, 15) is 14.4 Å². The third-order valence-corrected chi connectivity index (χ3v) is 7.94. The molecule has 2 heterocycles. The van der Waals surface area contributed by atoms with Crippen LogP contribution < -0.4 is 15.5 Å². The monoisotopic (exact) mass is 611 g/mol. The van der Waals surface area contributed by atoms with E-state index in [2.05, 4.69) is 15.6 Å². The zero-order valence-electron chi connectivity index (χ0n) is 25.6. The van der Waals surface area contributed by atoms with E-state index >= 15 is 0 Å². The third kappa shape index (κ3) is 7.28. The first-order valence-electron chi connectivity index (χ1n) is 14.9. The molecule has 12 heteroatoms. The van der Waals surface area contributed by atoms with Crippen molar-refractivity contribution in [2.24, 2.45) is 7.05 Å². The molecule has 0 bridgehead atoms. The minimum absolute atomic E-state index is 0.0225. The number of aryl methyl sites for hydroxylation is 1. The lowest BCUT2D eigenvalue weighted by Gasteiger charge is -2.26. The summed E-state index contributed by atoms with van der Waals surface area (Å²) in [6.45, 7) is 2.00. The van der Waals surface area contributed by atoms with Crippen LogP contribution in [0.15, 0.2) is 66.9 Å². The lowest BCUT2D eigenvalue weighted by atomic mass is 9.98. The number of pyridine rings is 1. The second-order valence-electron chi connectivity index (χ2n) is 10.9. The second kappa shape index (κ2) is 14.0. The van der Waals surface area contributed by atoms with Crippen molar-refractivity contribution >= 4 is 46.3 Å². The van der Waals surface area contributed by atoms with Crippen LogP contribution in [0.25, 0.3) is 11.0 Å². The molecule has 1 atom stereocenters. The van der Waals surface area contributed by atoms with Crippen molar-refractivity contribution in [2.45, 2.75) is 57.7 Å². The third-order valence-electron chi connectivity index (χ3n) is 7.94. The summed E-state index contributed by atoms with van der Waals surface area (Å²) in [7, 11) is 3.18. The van der Waals surface area contributed by atoms with Crippen LogP contribution in [-0.4, -0.2) is 57.6 Å². The number of esters is 1. The number of methoxy groups -OCH3 is 1. The lowest BCUT2D eigenvalue weighted by molar-refractivity contribution is -0.141. The molecule has 2 amide bonds. The SMILES string of the molecule is COC(=O)C(C)N(C(=O)c1ccc2c(c1)nc(CNc1ccc(C(=N)NC(=O)OC3CCCCC3)cc1)n2C)c1ccccn1. The molecule has 1 unspecified atom stereocenters. The Balaban J connectivity index is 1.24. The number of aromatic nitrogens is 3. The molecule has 0 aliphatic heterocycles. The standard InChI is InChI=1S/C33H37N7O5/c1-21(32(42)44-3)40(28-11-7-8-18-35-28)31(41)23-14-17-27-26(19-23)37-29(39(27)2)20-36-24-15-12-22(13-16-24)30(34)38-33(43)45-25-9-5-4-6-10-25/h7-8,11-19,21,25,36H,4-6,9-10,20H2,1-3H3,(H2,34,38,43). The van der Waals surface area contributed by atoms with Gasteiger partial charge in [0.05, 0.1) is 24.7 Å². The molecule has 4 aromatic rings. The Morgan fingerprint density at radius 3 is 2.47 bits per heavy atom. The molecule has 1 aliphatic rings. The van der Waals surface area contributed by atoms with Crippen molar-refractivity contribution in [3.8, 4) is 0 Å². The predicted octanol–water partition coefficient (Wildman–Crippen LogP) is 5.17. The minimum Gasteiger partial charge on any atom is -0.467 e. The molecule has 2 aromatic carbocycles. The largest absolute Gasteiger partial charge is 0.467 e. The van der Waals surface area contributed by atoms with Gasteiger partial charge in [-0.25, -0.2) is 19.6 Å². The number of amidine groups is 1. The highest BCUT2D eigenvalue weighted by Crippen LogP contribution is 2.23. The van der Waals surface area contributed by atoms with Gasteiger partial charge in [0, 0.05) is 30.1 Å². The van der Waals surface area contributed by atoms with E-state index in [4.69, 9.17) is 19.9 Å². The maximum Gasteiger partial charge on any atom is 0.413 e. The number of hydrogen-bond acceptors (Lipinski definition) is 9. The van der Waals surface area contributed by atoms with Crippen LogP contribution >= 0.6 is 0 Å². The van der Waals surface area contributed by atoms with E-state index in [1.54, 1.807) is 55.6 Å². The van der Waals surface area contributed by atoms with Crippen molar-refractivity contribution in [1.82, 2.24) is 19.9 Å². The summed E-state index contributed by atoms with van der Waals surface area (Å²) in [5, 5.41) is 14.1. The van der Waals surface area contributed by atoms with Crippen LogP contribution in [0, 0.1) is 5.41 Å². The number of nitrogens with zero attached hydrogens (tertiary/aromatic N) is 4. The van der Waals surface area contributed by atoms with Gasteiger partial charge in [-0.3, -0.25) is 20.4 Å². The number of carbonyl (C=O) groups is 3. The highest BCUT2D eigenvalue weighted by molar-refractivity contribution is 6.10. The minimum atomic E-state index is -0.891. The number of ether oxygens (including phenoxy) is 2. The Labute approximate surface area is 261 Å². The van der Waals surface area contributed by atoms with E-state index in [0.29, 0.717) is 29.0 Å². The number of rotatable bonds is 9. The lowest BCUT2D eigenvalue weighted by Crippen LogP contribution is -2.44. The smallest absolute Gasteiger partial charge is 0.413 e. The highest BCUT2D eigenvalue weighted by atomic mass is 16.6. The van der Waals surface area contributed by atoms with E-state index in [0.717, 1.165) is 42.7 Å². The summed E-state index contributed by atoms with van der Waals surface area (Å²) in [5.41, 5.74) is 3.19. The molecular formula is C33H37N7O5. The fourth-order valence-corrected chi connectivity index (χ4v) is 5.40. The van der Waals surface area contributed by atoms with Gasteiger partial charge >= 0.3 is 12.1 Å². The normalized spacial score (nSPS) is 13.9. The number of benzene rings is 2. The zero-order chi connectivity index (χ0) is 31.9. The molecule has 234 valence electrons. The average Bonchev–Trinajstić information content (AvgIpc) is 3.38. The van der Waals surface area contributed by atoms with Crippen LogP contribution in [0.5, 0.6) is 0 Å². The maximum atomic E-state index is 13.7. The number of amides is 2. The second-order valence-corrected chi connectivity index (χ2v) is 10.9. The summed E-state index contributed by atoms with van der Waals surface area (Å²) in [6, 6.07) is 16.6. The van der Waals surface area contributed by atoms with Gasteiger partial charge in [-0.1, -0.05) is 12.5 Å². The van der Waals surface area contributed by atoms with E-state index in [1.165, 1.54) is 18.4 Å². The van der Waals surface area contributed by atoms with Gasteiger partial charge in [0.25, 0.3) is 5.91 Å². The van der Waals surface area contributed by atoms with Crippen LogP contribution in [0.3, 0.4) is 0 Å². The summed E-state index contributed by atoms with van der Waals surface area (Å²) in [4.78, 5) is 48.6.